The molecule has 0 aromatic rings. The van der Waals surface area contributed by atoms with Crippen LogP contribution in [-0.4, -0.2) is 5.78 Å². The molecule has 2 aliphatic rings. The van der Waals surface area contributed by atoms with Gasteiger partial charge in [0.25, 0.3) is 0 Å². The lowest BCUT2D eigenvalue weighted by Crippen LogP contribution is -2.32. The standard InChI is InChI=1S/C15H24O/c1-14(2)9-8-11-6-5-7-12(11)15(3,4)13(16)10-14/h5-10H2,1-4H3. The summed E-state index contributed by atoms with van der Waals surface area (Å²) in [5.41, 5.74) is 3.08. The molecule has 0 amide bonds. The summed E-state index contributed by atoms with van der Waals surface area (Å²) in [5.74, 6) is 0.451. The number of allylic oxidation sites excluding steroid dienone is 2. The third kappa shape index (κ3) is 1.97. The van der Waals surface area contributed by atoms with Crippen LogP contribution in [0.4, 0.5) is 0 Å². The highest BCUT2D eigenvalue weighted by Gasteiger charge is 2.39. The van der Waals surface area contributed by atoms with Gasteiger partial charge in [-0.05, 0) is 51.4 Å². The Morgan fingerprint density at radius 2 is 1.69 bits per heavy atom. The summed E-state index contributed by atoms with van der Waals surface area (Å²) in [7, 11) is 0. The maximum atomic E-state index is 12.4. The van der Waals surface area contributed by atoms with Crippen LogP contribution in [0.3, 0.4) is 0 Å². The van der Waals surface area contributed by atoms with Gasteiger partial charge in [0.1, 0.15) is 5.78 Å². The van der Waals surface area contributed by atoms with Crippen LogP contribution >= 0.6 is 0 Å². The third-order valence-corrected chi connectivity index (χ3v) is 4.53. The van der Waals surface area contributed by atoms with Crippen molar-refractivity contribution in [2.24, 2.45) is 10.8 Å². The second-order valence-corrected chi connectivity index (χ2v) is 6.82. The molecular weight excluding hydrogens is 196 g/mol. The Bertz CT molecular complexity index is 344. The van der Waals surface area contributed by atoms with Gasteiger partial charge in [-0.25, -0.2) is 0 Å². The fraction of sp³-hybridized carbons (Fsp3) is 0.800. The van der Waals surface area contributed by atoms with Crippen LogP contribution in [0.15, 0.2) is 11.1 Å². The van der Waals surface area contributed by atoms with E-state index in [1.165, 1.54) is 31.3 Å². The molecule has 0 unspecified atom stereocenters. The maximum Gasteiger partial charge on any atom is 0.143 e. The van der Waals surface area contributed by atoms with Gasteiger partial charge in [-0.1, -0.05) is 25.0 Å². The van der Waals surface area contributed by atoms with Gasteiger partial charge in [-0.3, -0.25) is 4.79 Å². The first kappa shape index (κ1) is 11.9. The minimum absolute atomic E-state index is 0.190. The summed E-state index contributed by atoms with van der Waals surface area (Å²) < 4.78 is 0. The quantitative estimate of drug-likeness (QED) is 0.557. The molecule has 1 nitrogen and oxygen atoms in total. The highest BCUT2D eigenvalue weighted by atomic mass is 16.1. The van der Waals surface area contributed by atoms with Crippen molar-refractivity contribution in [1.82, 2.24) is 0 Å². The Balaban J connectivity index is 2.39. The molecule has 1 heteroatoms. The minimum Gasteiger partial charge on any atom is -0.299 e. The Morgan fingerprint density at radius 1 is 1.00 bits per heavy atom. The molecule has 0 fully saturated rings. The highest BCUT2D eigenvalue weighted by Crippen LogP contribution is 2.47. The number of ketones is 1. The molecule has 0 aromatic carbocycles. The van der Waals surface area contributed by atoms with E-state index in [1.54, 1.807) is 5.57 Å². The third-order valence-electron chi connectivity index (χ3n) is 4.53. The number of carbonyl (C=O) groups is 1. The summed E-state index contributed by atoms with van der Waals surface area (Å²) in [6.45, 7) is 8.75. The summed E-state index contributed by atoms with van der Waals surface area (Å²) in [4.78, 5) is 12.4. The number of carbonyl (C=O) groups excluding carboxylic acids is 1. The van der Waals surface area contributed by atoms with Crippen molar-refractivity contribution in [2.45, 2.75) is 66.2 Å². The first-order valence-electron chi connectivity index (χ1n) is 6.58. The molecule has 0 aromatic heterocycles. The van der Waals surface area contributed by atoms with E-state index in [0.29, 0.717) is 5.78 Å². The molecule has 16 heavy (non-hydrogen) atoms. The largest absolute Gasteiger partial charge is 0.299 e. The SMILES string of the molecule is CC1(C)CCC2=C(CCC2)C(C)(C)C(=O)C1. The van der Waals surface area contributed by atoms with Crippen molar-refractivity contribution in [1.29, 1.82) is 0 Å². The van der Waals surface area contributed by atoms with Crippen LogP contribution < -0.4 is 0 Å². The minimum atomic E-state index is -0.191. The smallest absolute Gasteiger partial charge is 0.143 e. The maximum absolute atomic E-state index is 12.4. The van der Waals surface area contributed by atoms with Gasteiger partial charge in [-0.2, -0.15) is 0 Å². The number of hydrogen-bond donors (Lipinski definition) is 0. The van der Waals surface area contributed by atoms with Gasteiger partial charge in [0.15, 0.2) is 0 Å². The van der Waals surface area contributed by atoms with E-state index in [9.17, 15) is 4.79 Å². The normalized spacial score (nSPS) is 28.6. The van der Waals surface area contributed by atoms with E-state index in [2.05, 4.69) is 27.7 Å². The highest BCUT2D eigenvalue weighted by molar-refractivity contribution is 5.88. The molecule has 0 bridgehead atoms. The predicted molar refractivity (Wildman–Crippen MR) is 67.3 cm³/mol. The van der Waals surface area contributed by atoms with Crippen molar-refractivity contribution >= 4 is 5.78 Å². The van der Waals surface area contributed by atoms with Gasteiger partial charge in [0.05, 0.1) is 0 Å². The van der Waals surface area contributed by atoms with Crippen LogP contribution in [0.2, 0.25) is 0 Å². The Labute approximate surface area is 99.3 Å². The predicted octanol–water partition coefficient (Wildman–Crippen LogP) is 4.27. The van der Waals surface area contributed by atoms with Gasteiger partial charge >= 0.3 is 0 Å². The lowest BCUT2D eigenvalue weighted by molar-refractivity contribution is -0.127. The molecule has 90 valence electrons. The fourth-order valence-corrected chi connectivity index (χ4v) is 3.24. The molecular formula is C15H24O. The summed E-state index contributed by atoms with van der Waals surface area (Å²) in [5, 5.41) is 0. The zero-order valence-electron chi connectivity index (χ0n) is 11.2. The zero-order valence-corrected chi connectivity index (χ0v) is 11.2. The number of hydrogen-bond acceptors (Lipinski definition) is 1. The van der Waals surface area contributed by atoms with Crippen LogP contribution in [0.25, 0.3) is 0 Å². The summed E-state index contributed by atoms with van der Waals surface area (Å²) >= 11 is 0. The van der Waals surface area contributed by atoms with Gasteiger partial charge in [0, 0.05) is 11.8 Å². The van der Waals surface area contributed by atoms with Crippen LogP contribution in [-0.2, 0) is 4.79 Å². The lowest BCUT2D eigenvalue weighted by atomic mass is 9.68. The van der Waals surface area contributed by atoms with Crippen molar-refractivity contribution < 1.29 is 4.79 Å². The van der Waals surface area contributed by atoms with Gasteiger partial charge in [0.2, 0.25) is 0 Å². The molecule has 0 saturated carbocycles. The van der Waals surface area contributed by atoms with Crippen LogP contribution in [0.5, 0.6) is 0 Å². The zero-order chi connectivity index (χ0) is 12.0. The fourth-order valence-electron chi connectivity index (χ4n) is 3.24. The summed E-state index contributed by atoms with van der Waals surface area (Å²) in [6, 6.07) is 0. The van der Waals surface area contributed by atoms with E-state index >= 15 is 0 Å². The van der Waals surface area contributed by atoms with Gasteiger partial charge in [-0.15, -0.1) is 0 Å². The van der Waals surface area contributed by atoms with Crippen molar-refractivity contribution in [3.8, 4) is 0 Å². The second kappa shape index (κ2) is 3.72. The van der Waals surface area contributed by atoms with E-state index in [0.717, 1.165) is 12.8 Å². The molecule has 2 aliphatic carbocycles. The van der Waals surface area contributed by atoms with Crippen molar-refractivity contribution in [2.75, 3.05) is 0 Å². The average molecular weight is 220 g/mol. The van der Waals surface area contributed by atoms with Crippen molar-refractivity contribution in [3.63, 3.8) is 0 Å². The van der Waals surface area contributed by atoms with Crippen LogP contribution in [0, 0.1) is 10.8 Å². The first-order valence-corrected chi connectivity index (χ1v) is 6.58. The van der Waals surface area contributed by atoms with Crippen molar-refractivity contribution in [3.05, 3.63) is 11.1 Å². The number of Topliss-reactive ketones (excluding diaryl/α,β-unsaturated/α-hetero) is 1. The van der Waals surface area contributed by atoms with Gasteiger partial charge < -0.3 is 0 Å². The molecule has 0 heterocycles. The lowest BCUT2D eigenvalue weighted by Gasteiger charge is -2.35. The Morgan fingerprint density at radius 3 is 2.38 bits per heavy atom. The Kier molecular flexibility index (Phi) is 2.76. The van der Waals surface area contributed by atoms with E-state index < -0.39 is 0 Å². The first-order chi connectivity index (χ1) is 7.33. The molecule has 0 saturated heterocycles. The Hall–Kier alpha value is -0.590. The van der Waals surface area contributed by atoms with Crippen LogP contribution in [0.1, 0.15) is 66.2 Å². The van der Waals surface area contributed by atoms with E-state index in [1.807, 2.05) is 0 Å². The van der Waals surface area contributed by atoms with E-state index in [-0.39, 0.29) is 10.8 Å². The molecule has 0 N–H and O–H groups in total. The topological polar surface area (TPSA) is 17.1 Å². The molecule has 0 atom stereocenters. The average Bonchev–Trinajstić information content (AvgIpc) is 2.61. The molecule has 0 aliphatic heterocycles. The molecule has 0 radical (unpaired) electrons. The summed E-state index contributed by atoms with van der Waals surface area (Å²) in [6.07, 6.45) is 6.81. The number of rotatable bonds is 0. The van der Waals surface area contributed by atoms with E-state index in [4.69, 9.17) is 0 Å². The second-order valence-electron chi connectivity index (χ2n) is 6.82. The monoisotopic (exact) mass is 220 g/mol. The molecule has 0 spiro atoms. The molecule has 2 rings (SSSR count).